The Labute approximate surface area is 198 Å². The number of halogens is 2. The number of benzene rings is 2. The lowest BCUT2D eigenvalue weighted by atomic mass is 9.89. The van der Waals surface area contributed by atoms with Gasteiger partial charge >= 0.3 is 0 Å². The molecule has 2 heterocycles. The van der Waals surface area contributed by atoms with Gasteiger partial charge in [-0.25, -0.2) is 0 Å². The largest absolute Gasteiger partial charge is 0.371 e. The van der Waals surface area contributed by atoms with Crippen molar-refractivity contribution in [2.24, 2.45) is 17.6 Å². The predicted molar refractivity (Wildman–Crippen MR) is 132 cm³/mol. The minimum Gasteiger partial charge on any atom is -0.371 e. The maximum atomic E-state index is 12.5. The van der Waals surface area contributed by atoms with Crippen molar-refractivity contribution in [1.82, 2.24) is 10.2 Å². The van der Waals surface area contributed by atoms with Crippen molar-refractivity contribution in [3.05, 3.63) is 66.2 Å². The highest BCUT2D eigenvalue weighted by molar-refractivity contribution is 5.85. The van der Waals surface area contributed by atoms with Gasteiger partial charge in [-0.2, -0.15) is 0 Å². The van der Waals surface area contributed by atoms with Gasteiger partial charge in [-0.05, 0) is 42.5 Å². The van der Waals surface area contributed by atoms with Crippen LogP contribution in [0.1, 0.15) is 17.9 Å². The van der Waals surface area contributed by atoms with E-state index in [1.165, 1.54) is 11.3 Å². The number of amides is 1. The van der Waals surface area contributed by atoms with Crippen LogP contribution in [0.25, 0.3) is 0 Å². The van der Waals surface area contributed by atoms with Gasteiger partial charge in [-0.3, -0.25) is 9.69 Å². The number of hydrogen-bond acceptors (Lipinski definition) is 4. The molecule has 2 saturated heterocycles. The summed E-state index contributed by atoms with van der Waals surface area (Å²) in [4.78, 5) is 17.2. The van der Waals surface area contributed by atoms with Crippen molar-refractivity contribution in [3.8, 4) is 0 Å². The van der Waals surface area contributed by atoms with Crippen molar-refractivity contribution in [2.75, 3.05) is 50.7 Å². The number of hydrogen-bond donors (Lipinski definition) is 2. The lowest BCUT2D eigenvalue weighted by molar-refractivity contribution is -0.122. The Morgan fingerprint density at radius 3 is 2.32 bits per heavy atom. The molecule has 2 aliphatic heterocycles. The van der Waals surface area contributed by atoms with Crippen LogP contribution in [-0.2, 0) is 4.79 Å². The first-order valence-electron chi connectivity index (χ1n) is 10.8. The molecular weight excluding hydrogens is 431 g/mol. The Balaban J connectivity index is 0.00000171. The molecule has 3 atom stereocenters. The number of para-hydroxylation sites is 1. The van der Waals surface area contributed by atoms with E-state index in [-0.39, 0.29) is 30.7 Å². The minimum absolute atomic E-state index is 0. The van der Waals surface area contributed by atoms with Crippen LogP contribution in [0.2, 0.25) is 0 Å². The van der Waals surface area contributed by atoms with E-state index in [1.54, 1.807) is 0 Å². The Morgan fingerprint density at radius 2 is 1.65 bits per heavy atom. The Hall–Kier alpha value is -1.79. The molecule has 7 heteroatoms. The third kappa shape index (κ3) is 6.59. The SMILES string of the molecule is Cl.Cl.NC[C@@H]1CN(CC(=O)NCC2CCN(c3ccccc3)C2)C[C@H]1c1ccccc1. The summed E-state index contributed by atoms with van der Waals surface area (Å²) in [6.07, 6.45) is 1.13. The molecule has 0 radical (unpaired) electrons. The molecule has 0 bridgehead atoms. The highest BCUT2D eigenvalue weighted by Gasteiger charge is 2.33. The molecule has 0 aliphatic carbocycles. The van der Waals surface area contributed by atoms with E-state index >= 15 is 0 Å². The quantitative estimate of drug-likeness (QED) is 0.660. The second-order valence-electron chi connectivity index (χ2n) is 8.45. The van der Waals surface area contributed by atoms with E-state index in [1.807, 2.05) is 12.1 Å². The summed E-state index contributed by atoms with van der Waals surface area (Å²) >= 11 is 0. The monoisotopic (exact) mass is 464 g/mol. The number of anilines is 1. The first-order chi connectivity index (χ1) is 14.2. The molecule has 0 aromatic heterocycles. The Bertz CT molecular complexity index is 793. The van der Waals surface area contributed by atoms with E-state index in [4.69, 9.17) is 5.73 Å². The van der Waals surface area contributed by atoms with E-state index in [2.05, 4.69) is 63.6 Å². The van der Waals surface area contributed by atoms with E-state index < -0.39 is 0 Å². The van der Waals surface area contributed by atoms with Crippen LogP contribution in [0, 0.1) is 11.8 Å². The van der Waals surface area contributed by atoms with Gasteiger partial charge in [0, 0.05) is 44.3 Å². The zero-order valence-corrected chi connectivity index (χ0v) is 19.5. The molecule has 1 unspecified atom stereocenters. The number of carbonyl (C=O) groups excluding carboxylic acids is 1. The van der Waals surface area contributed by atoms with Gasteiger partial charge in [-0.1, -0.05) is 48.5 Å². The summed E-state index contributed by atoms with van der Waals surface area (Å²) in [7, 11) is 0. The van der Waals surface area contributed by atoms with Gasteiger partial charge in [-0.15, -0.1) is 24.8 Å². The molecule has 2 aromatic rings. The van der Waals surface area contributed by atoms with Crippen molar-refractivity contribution in [2.45, 2.75) is 12.3 Å². The third-order valence-corrected chi connectivity index (χ3v) is 6.41. The second-order valence-corrected chi connectivity index (χ2v) is 8.45. The Morgan fingerprint density at radius 1 is 0.968 bits per heavy atom. The summed E-state index contributed by atoms with van der Waals surface area (Å²) in [6.45, 7) is 5.77. The summed E-state index contributed by atoms with van der Waals surface area (Å²) < 4.78 is 0. The zero-order chi connectivity index (χ0) is 20.1. The number of nitrogens with zero attached hydrogens (tertiary/aromatic N) is 2. The number of carbonyl (C=O) groups is 1. The molecule has 2 aliphatic rings. The third-order valence-electron chi connectivity index (χ3n) is 6.41. The first-order valence-corrected chi connectivity index (χ1v) is 10.8. The van der Waals surface area contributed by atoms with Crippen LogP contribution in [0.15, 0.2) is 60.7 Å². The number of nitrogens with two attached hydrogens (primary N) is 1. The van der Waals surface area contributed by atoms with Crippen LogP contribution in [-0.4, -0.2) is 56.6 Å². The van der Waals surface area contributed by atoms with E-state index in [9.17, 15) is 4.79 Å². The summed E-state index contributed by atoms with van der Waals surface area (Å²) in [6, 6.07) is 21.1. The first kappa shape index (κ1) is 25.5. The maximum absolute atomic E-state index is 12.5. The molecule has 5 nitrogen and oxygen atoms in total. The topological polar surface area (TPSA) is 61.6 Å². The number of likely N-dealkylation sites (tertiary alicyclic amines) is 1. The van der Waals surface area contributed by atoms with Gasteiger partial charge in [0.1, 0.15) is 0 Å². The van der Waals surface area contributed by atoms with E-state index in [0.717, 1.165) is 39.1 Å². The molecule has 2 fully saturated rings. The summed E-state index contributed by atoms with van der Waals surface area (Å²) in [5, 5.41) is 3.17. The van der Waals surface area contributed by atoms with Gasteiger partial charge in [0.05, 0.1) is 6.54 Å². The highest BCUT2D eigenvalue weighted by Crippen LogP contribution is 2.31. The summed E-state index contributed by atoms with van der Waals surface area (Å²) in [5.41, 5.74) is 8.63. The number of nitrogens with one attached hydrogen (secondary N) is 1. The fourth-order valence-electron chi connectivity index (χ4n) is 4.80. The average Bonchev–Trinajstić information content (AvgIpc) is 3.40. The fourth-order valence-corrected chi connectivity index (χ4v) is 4.80. The molecule has 0 saturated carbocycles. The van der Waals surface area contributed by atoms with Gasteiger partial charge in [0.2, 0.25) is 5.91 Å². The molecule has 170 valence electrons. The average molecular weight is 465 g/mol. The molecule has 1 amide bonds. The van der Waals surface area contributed by atoms with Crippen LogP contribution in [0.5, 0.6) is 0 Å². The molecule has 31 heavy (non-hydrogen) atoms. The Kier molecular flexibility index (Phi) is 10.1. The zero-order valence-electron chi connectivity index (χ0n) is 17.9. The molecule has 3 N–H and O–H groups in total. The maximum Gasteiger partial charge on any atom is 0.234 e. The van der Waals surface area contributed by atoms with Gasteiger partial charge in [0.25, 0.3) is 0 Å². The van der Waals surface area contributed by atoms with Gasteiger partial charge in [0.15, 0.2) is 0 Å². The standard InChI is InChI=1S/C24H32N4O.2ClH/c25-13-21-16-27(17-23(21)20-7-3-1-4-8-20)18-24(29)26-14-19-11-12-28(15-19)22-9-5-2-6-10-22;;/h1-10,19,21,23H,11-18,25H2,(H,26,29);2*1H/t19?,21-,23+;;/m1../s1. The minimum atomic E-state index is 0. The lowest BCUT2D eigenvalue weighted by Crippen LogP contribution is -2.39. The van der Waals surface area contributed by atoms with Crippen LogP contribution in [0.3, 0.4) is 0 Å². The second kappa shape index (κ2) is 12.3. The molecule has 2 aromatic carbocycles. The lowest BCUT2D eigenvalue weighted by Gasteiger charge is -2.19. The van der Waals surface area contributed by atoms with Crippen LogP contribution < -0.4 is 16.0 Å². The molecule has 4 rings (SSSR count). The fraction of sp³-hybridized carbons (Fsp3) is 0.458. The van der Waals surface area contributed by atoms with Crippen molar-refractivity contribution < 1.29 is 4.79 Å². The van der Waals surface area contributed by atoms with Crippen molar-refractivity contribution in [1.29, 1.82) is 0 Å². The van der Waals surface area contributed by atoms with Crippen LogP contribution in [0.4, 0.5) is 5.69 Å². The van der Waals surface area contributed by atoms with Crippen molar-refractivity contribution >= 4 is 36.4 Å². The van der Waals surface area contributed by atoms with Gasteiger partial charge < -0.3 is 16.0 Å². The van der Waals surface area contributed by atoms with Crippen molar-refractivity contribution in [3.63, 3.8) is 0 Å². The highest BCUT2D eigenvalue weighted by atomic mass is 35.5. The van der Waals surface area contributed by atoms with Crippen LogP contribution >= 0.6 is 24.8 Å². The molecular formula is C24H34Cl2N4O. The smallest absolute Gasteiger partial charge is 0.234 e. The summed E-state index contributed by atoms with van der Waals surface area (Å²) in [5.74, 6) is 1.49. The normalized spacial score (nSPS) is 23.1. The molecule has 0 spiro atoms. The van der Waals surface area contributed by atoms with E-state index in [0.29, 0.717) is 30.8 Å². The predicted octanol–water partition coefficient (Wildman–Crippen LogP) is 3.15. The number of rotatable bonds is 7.